The summed E-state index contributed by atoms with van der Waals surface area (Å²) in [6.07, 6.45) is 7.63. The number of nitrogens with one attached hydrogen (secondary N) is 2. The molecule has 0 unspecified atom stereocenters. The van der Waals surface area contributed by atoms with Gasteiger partial charge in [0, 0.05) is 13.0 Å². The molecule has 130 valence electrons. The van der Waals surface area contributed by atoms with E-state index in [1.54, 1.807) is 0 Å². The van der Waals surface area contributed by atoms with Crippen LogP contribution in [0.2, 0.25) is 0 Å². The van der Waals surface area contributed by atoms with Crippen LogP contribution < -0.4 is 10.6 Å². The van der Waals surface area contributed by atoms with Crippen LogP contribution >= 0.6 is 0 Å². The predicted octanol–water partition coefficient (Wildman–Crippen LogP) is 2.43. The van der Waals surface area contributed by atoms with Gasteiger partial charge >= 0.3 is 0 Å². The van der Waals surface area contributed by atoms with Crippen molar-refractivity contribution >= 4 is 11.8 Å². The van der Waals surface area contributed by atoms with Crippen LogP contribution in [-0.2, 0) is 27.5 Å². The van der Waals surface area contributed by atoms with Crippen LogP contribution in [-0.4, -0.2) is 24.0 Å². The van der Waals surface area contributed by atoms with E-state index in [1.165, 1.54) is 32.1 Å². The van der Waals surface area contributed by atoms with Gasteiger partial charge in [0.1, 0.15) is 6.04 Å². The molecule has 1 saturated carbocycles. The maximum atomic E-state index is 12.0. The lowest BCUT2D eigenvalue weighted by Crippen LogP contribution is -2.41. The lowest BCUT2D eigenvalue weighted by atomic mass is 9.98. The first kappa shape index (κ1) is 17.0. The first-order valence-corrected chi connectivity index (χ1v) is 8.97. The van der Waals surface area contributed by atoms with E-state index in [-0.39, 0.29) is 17.9 Å². The predicted molar refractivity (Wildman–Crippen MR) is 91.1 cm³/mol. The first-order chi connectivity index (χ1) is 11.7. The van der Waals surface area contributed by atoms with Crippen molar-refractivity contribution in [3.63, 3.8) is 0 Å². The molecule has 1 aliphatic heterocycles. The standard InChI is InChI=1S/C19H26N2O3/c22-18-10-9-17(21-18)19(23)20-12-14-5-4-6-15(11-14)13-24-16-7-2-1-3-8-16/h4-6,11,16-17H,1-3,7-10,12-13H2,(H,20,23)(H,21,22)/t17-/m0/s1. The zero-order valence-corrected chi connectivity index (χ0v) is 14.1. The minimum atomic E-state index is -0.379. The Hall–Kier alpha value is -1.88. The maximum Gasteiger partial charge on any atom is 0.242 e. The highest BCUT2D eigenvalue weighted by atomic mass is 16.5. The molecule has 0 aromatic heterocycles. The average Bonchev–Trinajstić information content (AvgIpc) is 3.06. The quantitative estimate of drug-likeness (QED) is 0.842. The lowest BCUT2D eigenvalue weighted by Gasteiger charge is -2.22. The zero-order chi connectivity index (χ0) is 16.8. The summed E-state index contributed by atoms with van der Waals surface area (Å²) in [7, 11) is 0. The van der Waals surface area contributed by atoms with Crippen LogP contribution in [0, 0.1) is 0 Å². The summed E-state index contributed by atoms with van der Waals surface area (Å²) in [5, 5.41) is 5.59. The highest BCUT2D eigenvalue weighted by molar-refractivity contribution is 5.90. The van der Waals surface area contributed by atoms with Crippen LogP contribution in [0.3, 0.4) is 0 Å². The summed E-state index contributed by atoms with van der Waals surface area (Å²) >= 11 is 0. The fourth-order valence-corrected chi connectivity index (χ4v) is 3.40. The number of carbonyl (C=O) groups is 2. The van der Waals surface area contributed by atoms with E-state index in [1.807, 2.05) is 12.1 Å². The molecule has 2 fully saturated rings. The molecular weight excluding hydrogens is 304 g/mol. The smallest absolute Gasteiger partial charge is 0.242 e. The van der Waals surface area contributed by atoms with Gasteiger partial charge in [0.25, 0.3) is 0 Å². The van der Waals surface area contributed by atoms with Gasteiger partial charge in [0.05, 0.1) is 12.7 Å². The third kappa shape index (κ3) is 4.81. The van der Waals surface area contributed by atoms with E-state index in [0.29, 0.717) is 32.1 Å². The number of hydrogen-bond donors (Lipinski definition) is 2. The number of benzene rings is 1. The molecule has 5 nitrogen and oxygen atoms in total. The lowest BCUT2D eigenvalue weighted by molar-refractivity contribution is -0.125. The summed E-state index contributed by atoms with van der Waals surface area (Å²) in [6.45, 7) is 1.10. The summed E-state index contributed by atoms with van der Waals surface area (Å²) < 4.78 is 6.01. The number of carbonyl (C=O) groups excluding carboxylic acids is 2. The van der Waals surface area contributed by atoms with E-state index in [0.717, 1.165) is 11.1 Å². The van der Waals surface area contributed by atoms with Gasteiger partial charge in [-0.1, -0.05) is 43.5 Å². The molecule has 3 rings (SSSR count). The van der Waals surface area contributed by atoms with Crippen LogP contribution in [0.1, 0.15) is 56.1 Å². The normalized spacial score (nSPS) is 21.5. The van der Waals surface area contributed by atoms with Gasteiger partial charge in [-0.25, -0.2) is 0 Å². The molecule has 2 N–H and O–H groups in total. The number of rotatable bonds is 6. The molecule has 0 spiro atoms. The van der Waals surface area contributed by atoms with Crippen molar-refractivity contribution in [2.24, 2.45) is 0 Å². The fourth-order valence-electron chi connectivity index (χ4n) is 3.40. The molecule has 1 saturated heterocycles. The molecule has 0 radical (unpaired) electrons. The van der Waals surface area contributed by atoms with Gasteiger partial charge in [0.15, 0.2) is 0 Å². The van der Waals surface area contributed by atoms with Crippen LogP contribution in [0.15, 0.2) is 24.3 Å². The minimum absolute atomic E-state index is 0.0444. The molecule has 2 aliphatic rings. The zero-order valence-electron chi connectivity index (χ0n) is 14.1. The van der Waals surface area contributed by atoms with E-state index in [9.17, 15) is 9.59 Å². The highest BCUT2D eigenvalue weighted by Crippen LogP contribution is 2.21. The Morgan fingerprint density at radius 3 is 2.71 bits per heavy atom. The average molecular weight is 330 g/mol. The summed E-state index contributed by atoms with van der Waals surface area (Å²) in [4.78, 5) is 23.2. The summed E-state index contributed by atoms with van der Waals surface area (Å²) in [6, 6.07) is 7.76. The largest absolute Gasteiger partial charge is 0.374 e. The van der Waals surface area contributed by atoms with Gasteiger partial charge in [-0.3, -0.25) is 9.59 Å². The monoisotopic (exact) mass is 330 g/mol. The van der Waals surface area contributed by atoms with Gasteiger partial charge in [-0.2, -0.15) is 0 Å². The van der Waals surface area contributed by atoms with E-state index in [2.05, 4.69) is 22.8 Å². The second-order valence-corrected chi connectivity index (χ2v) is 6.77. The maximum absolute atomic E-state index is 12.0. The van der Waals surface area contributed by atoms with Crippen molar-refractivity contribution in [3.05, 3.63) is 35.4 Å². The Balaban J connectivity index is 1.46. The molecule has 5 heteroatoms. The molecule has 2 amide bonds. The van der Waals surface area contributed by atoms with Gasteiger partial charge in [-0.15, -0.1) is 0 Å². The van der Waals surface area contributed by atoms with Gasteiger partial charge in [-0.05, 0) is 30.4 Å². The highest BCUT2D eigenvalue weighted by Gasteiger charge is 2.26. The van der Waals surface area contributed by atoms with Gasteiger partial charge in [0.2, 0.25) is 11.8 Å². The van der Waals surface area contributed by atoms with E-state index in [4.69, 9.17) is 4.74 Å². The Labute approximate surface area is 143 Å². The van der Waals surface area contributed by atoms with Crippen molar-refractivity contribution in [1.82, 2.24) is 10.6 Å². The first-order valence-electron chi connectivity index (χ1n) is 8.97. The van der Waals surface area contributed by atoms with E-state index >= 15 is 0 Å². The van der Waals surface area contributed by atoms with Crippen LogP contribution in [0.5, 0.6) is 0 Å². The van der Waals surface area contributed by atoms with Crippen molar-refractivity contribution in [1.29, 1.82) is 0 Å². The van der Waals surface area contributed by atoms with Crippen molar-refractivity contribution in [3.8, 4) is 0 Å². The Bertz CT molecular complexity index is 582. The number of amides is 2. The SMILES string of the molecule is O=C1CC[C@@H](C(=O)NCc2cccc(COC3CCCCC3)c2)N1. The third-order valence-electron chi connectivity index (χ3n) is 4.81. The topological polar surface area (TPSA) is 67.4 Å². The Kier molecular flexibility index (Phi) is 5.86. The Morgan fingerprint density at radius 1 is 1.17 bits per heavy atom. The molecule has 0 bridgehead atoms. The van der Waals surface area contributed by atoms with Crippen molar-refractivity contribution in [2.45, 2.75) is 70.2 Å². The third-order valence-corrected chi connectivity index (χ3v) is 4.81. The van der Waals surface area contributed by atoms with Crippen LogP contribution in [0.25, 0.3) is 0 Å². The van der Waals surface area contributed by atoms with Gasteiger partial charge < -0.3 is 15.4 Å². The molecule has 1 atom stereocenters. The van der Waals surface area contributed by atoms with Crippen molar-refractivity contribution in [2.75, 3.05) is 0 Å². The molecule has 24 heavy (non-hydrogen) atoms. The molecule has 1 aromatic carbocycles. The summed E-state index contributed by atoms with van der Waals surface area (Å²) in [5.41, 5.74) is 2.19. The van der Waals surface area contributed by atoms with E-state index < -0.39 is 0 Å². The Morgan fingerprint density at radius 2 is 1.96 bits per heavy atom. The molecular formula is C19H26N2O3. The fraction of sp³-hybridized carbons (Fsp3) is 0.579. The number of hydrogen-bond acceptors (Lipinski definition) is 3. The molecule has 1 aliphatic carbocycles. The molecule has 1 heterocycles. The molecule has 1 aromatic rings. The second kappa shape index (κ2) is 8.29. The minimum Gasteiger partial charge on any atom is -0.374 e. The summed E-state index contributed by atoms with van der Waals surface area (Å²) in [5.74, 6) is -0.151. The number of ether oxygens (including phenoxy) is 1. The van der Waals surface area contributed by atoms with Crippen molar-refractivity contribution < 1.29 is 14.3 Å². The second-order valence-electron chi connectivity index (χ2n) is 6.77. The van der Waals surface area contributed by atoms with Crippen LogP contribution in [0.4, 0.5) is 0 Å².